The van der Waals surface area contributed by atoms with E-state index in [1.807, 2.05) is 24.3 Å². The standard InChI is InChI=1S/C18H18FNO3S/c1-13(24(22,23)17-11-5-3-9-15(17)19)18(21)20-12-6-8-14-7-2-4-10-16(14)20/h2-5,7,9-11,13H,6,8,12H2,1H3. The number of hydrogen-bond acceptors (Lipinski definition) is 3. The van der Waals surface area contributed by atoms with Crippen LogP contribution in [0.5, 0.6) is 0 Å². The molecule has 1 aliphatic heterocycles. The van der Waals surface area contributed by atoms with E-state index in [-0.39, 0.29) is 0 Å². The molecule has 3 rings (SSSR count). The second-order valence-electron chi connectivity index (χ2n) is 5.84. The van der Waals surface area contributed by atoms with Crippen LogP contribution in [0, 0.1) is 5.82 Å². The van der Waals surface area contributed by atoms with Crippen LogP contribution >= 0.6 is 0 Å². The Morgan fingerprint density at radius 3 is 2.54 bits per heavy atom. The van der Waals surface area contributed by atoms with Gasteiger partial charge in [0.05, 0.1) is 0 Å². The number of fused-ring (bicyclic) bond motifs is 1. The maximum atomic E-state index is 13.9. The molecule has 1 aliphatic rings. The first-order chi connectivity index (χ1) is 11.4. The largest absolute Gasteiger partial charge is 0.311 e. The summed E-state index contributed by atoms with van der Waals surface area (Å²) in [4.78, 5) is 13.9. The molecule has 0 bridgehead atoms. The molecule has 0 fully saturated rings. The third kappa shape index (κ3) is 2.82. The Hall–Kier alpha value is -2.21. The van der Waals surface area contributed by atoms with E-state index in [1.54, 1.807) is 0 Å². The minimum atomic E-state index is -4.09. The number of nitrogens with zero attached hydrogens (tertiary/aromatic N) is 1. The van der Waals surface area contributed by atoms with Gasteiger partial charge in [0.2, 0.25) is 5.91 Å². The fourth-order valence-corrected chi connectivity index (χ4v) is 4.36. The SMILES string of the molecule is CC(C(=O)N1CCCc2ccccc21)S(=O)(=O)c1ccccc1F. The van der Waals surface area contributed by atoms with E-state index in [4.69, 9.17) is 0 Å². The molecule has 0 N–H and O–H groups in total. The number of anilines is 1. The molecule has 0 aromatic heterocycles. The highest BCUT2D eigenvalue weighted by atomic mass is 32.2. The molecule has 2 aromatic rings. The third-order valence-corrected chi connectivity index (χ3v) is 6.41. The molecule has 4 nitrogen and oxygen atoms in total. The second-order valence-corrected chi connectivity index (χ2v) is 8.08. The van der Waals surface area contributed by atoms with Crippen molar-refractivity contribution in [2.45, 2.75) is 29.9 Å². The van der Waals surface area contributed by atoms with Gasteiger partial charge < -0.3 is 4.90 Å². The van der Waals surface area contributed by atoms with Gasteiger partial charge in [0.25, 0.3) is 0 Å². The Bertz CT molecular complexity index is 879. The van der Waals surface area contributed by atoms with Crippen LogP contribution in [0.25, 0.3) is 0 Å². The molecular formula is C18H18FNO3S. The average Bonchev–Trinajstić information content (AvgIpc) is 2.60. The van der Waals surface area contributed by atoms with Crippen molar-refractivity contribution in [3.8, 4) is 0 Å². The fraction of sp³-hybridized carbons (Fsp3) is 0.278. The number of halogens is 1. The second kappa shape index (κ2) is 6.36. The number of para-hydroxylation sites is 1. The summed E-state index contributed by atoms with van der Waals surface area (Å²) < 4.78 is 39.2. The van der Waals surface area contributed by atoms with Crippen LogP contribution in [0.1, 0.15) is 18.9 Å². The summed E-state index contributed by atoms with van der Waals surface area (Å²) >= 11 is 0. The highest BCUT2D eigenvalue weighted by Gasteiger charge is 2.36. The predicted octanol–water partition coefficient (Wildman–Crippen LogP) is 2.97. The first-order valence-electron chi connectivity index (χ1n) is 7.80. The van der Waals surface area contributed by atoms with Crippen molar-refractivity contribution in [2.24, 2.45) is 0 Å². The van der Waals surface area contributed by atoms with Crippen molar-refractivity contribution >= 4 is 21.4 Å². The molecule has 126 valence electrons. The lowest BCUT2D eigenvalue weighted by atomic mass is 10.0. The van der Waals surface area contributed by atoms with E-state index >= 15 is 0 Å². The van der Waals surface area contributed by atoms with E-state index in [2.05, 4.69) is 0 Å². The molecule has 0 spiro atoms. The molecule has 1 heterocycles. The highest BCUT2D eigenvalue weighted by Crippen LogP contribution is 2.29. The van der Waals surface area contributed by atoms with Gasteiger partial charge in [-0.05, 0) is 43.5 Å². The smallest absolute Gasteiger partial charge is 0.245 e. The molecular weight excluding hydrogens is 329 g/mol. The number of sulfone groups is 1. The molecule has 0 saturated heterocycles. The average molecular weight is 347 g/mol. The Morgan fingerprint density at radius 1 is 1.12 bits per heavy atom. The Labute approximate surface area is 140 Å². The summed E-state index contributed by atoms with van der Waals surface area (Å²) in [5.41, 5.74) is 1.76. The molecule has 24 heavy (non-hydrogen) atoms. The summed E-state index contributed by atoms with van der Waals surface area (Å²) in [6, 6.07) is 12.6. The summed E-state index contributed by atoms with van der Waals surface area (Å²) in [7, 11) is -4.09. The van der Waals surface area contributed by atoms with Crippen LogP contribution in [0.15, 0.2) is 53.4 Å². The quantitative estimate of drug-likeness (QED) is 0.858. The zero-order valence-electron chi connectivity index (χ0n) is 13.3. The maximum Gasteiger partial charge on any atom is 0.245 e. The molecule has 1 unspecified atom stereocenters. The van der Waals surface area contributed by atoms with Gasteiger partial charge in [0.1, 0.15) is 16.0 Å². The predicted molar refractivity (Wildman–Crippen MR) is 90.2 cm³/mol. The van der Waals surface area contributed by atoms with Crippen LogP contribution in [0.3, 0.4) is 0 Å². The summed E-state index contributed by atoms with van der Waals surface area (Å²) in [5, 5.41) is -1.35. The van der Waals surface area contributed by atoms with E-state index in [0.717, 1.165) is 30.2 Å². The lowest BCUT2D eigenvalue weighted by Crippen LogP contribution is -2.44. The monoisotopic (exact) mass is 347 g/mol. The van der Waals surface area contributed by atoms with E-state index in [9.17, 15) is 17.6 Å². The van der Waals surface area contributed by atoms with Crippen LogP contribution in [0.4, 0.5) is 10.1 Å². The van der Waals surface area contributed by atoms with E-state index < -0.39 is 31.7 Å². The minimum Gasteiger partial charge on any atom is -0.311 e. The fourth-order valence-electron chi connectivity index (χ4n) is 2.98. The summed E-state index contributed by atoms with van der Waals surface area (Å²) in [6.45, 7) is 1.79. The van der Waals surface area contributed by atoms with Crippen LogP contribution in [0.2, 0.25) is 0 Å². The van der Waals surface area contributed by atoms with E-state index in [0.29, 0.717) is 6.54 Å². The minimum absolute atomic E-state index is 0.434. The summed E-state index contributed by atoms with van der Waals surface area (Å²) in [6.07, 6.45) is 1.63. The number of benzene rings is 2. The number of amides is 1. The van der Waals surface area contributed by atoms with Gasteiger partial charge in [0.15, 0.2) is 9.84 Å². The van der Waals surface area contributed by atoms with Gasteiger partial charge in [0, 0.05) is 12.2 Å². The van der Waals surface area contributed by atoms with Gasteiger partial charge in [-0.15, -0.1) is 0 Å². The van der Waals surface area contributed by atoms with Crippen molar-refractivity contribution in [1.29, 1.82) is 0 Å². The molecule has 1 amide bonds. The van der Waals surface area contributed by atoms with Crippen molar-refractivity contribution in [1.82, 2.24) is 0 Å². The van der Waals surface area contributed by atoms with Crippen molar-refractivity contribution < 1.29 is 17.6 Å². The molecule has 2 aromatic carbocycles. The Balaban J connectivity index is 1.95. The molecule has 0 aliphatic carbocycles. The molecule has 1 atom stereocenters. The van der Waals surface area contributed by atoms with Crippen LogP contribution < -0.4 is 4.90 Å². The third-order valence-electron chi connectivity index (χ3n) is 4.33. The van der Waals surface area contributed by atoms with Crippen molar-refractivity contribution in [2.75, 3.05) is 11.4 Å². The first kappa shape index (κ1) is 16.6. The zero-order chi connectivity index (χ0) is 17.3. The number of hydrogen-bond donors (Lipinski definition) is 0. The molecule has 0 radical (unpaired) electrons. The topological polar surface area (TPSA) is 54.5 Å². The highest BCUT2D eigenvalue weighted by molar-refractivity contribution is 7.92. The Morgan fingerprint density at radius 2 is 1.79 bits per heavy atom. The number of carbonyl (C=O) groups excluding carboxylic acids is 1. The van der Waals surface area contributed by atoms with Gasteiger partial charge in [-0.25, -0.2) is 12.8 Å². The zero-order valence-corrected chi connectivity index (χ0v) is 14.1. The summed E-state index contributed by atoms with van der Waals surface area (Å²) in [5.74, 6) is -1.36. The number of carbonyl (C=O) groups is 1. The van der Waals surface area contributed by atoms with Gasteiger partial charge in [-0.2, -0.15) is 0 Å². The lowest BCUT2D eigenvalue weighted by molar-refractivity contribution is -0.118. The Kier molecular flexibility index (Phi) is 4.41. The maximum absolute atomic E-state index is 13.9. The van der Waals surface area contributed by atoms with Crippen LogP contribution in [-0.4, -0.2) is 26.1 Å². The van der Waals surface area contributed by atoms with Crippen molar-refractivity contribution in [3.63, 3.8) is 0 Å². The lowest BCUT2D eigenvalue weighted by Gasteiger charge is -2.31. The number of rotatable bonds is 3. The van der Waals surface area contributed by atoms with Gasteiger partial charge >= 0.3 is 0 Å². The first-order valence-corrected chi connectivity index (χ1v) is 9.35. The molecule has 6 heteroatoms. The van der Waals surface area contributed by atoms with Gasteiger partial charge in [-0.3, -0.25) is 4.79 Å². The van der Waals surface area contributed by atoms with Crippen molar-refractivity contribution in [3.05, 3.63) is 59.9 Å². The van der Waals surface area contributed by atoms with Gasteiger partial charge in [-0.1, -0.05) is 30.3 Å². The normalized spacial score (nSPS) is 15.7. The van der Waals surface area contributed by atoms with E-state index in [1.165, 1.54) is 30.0 Å². The molecule has 0 saturated carbocycles. The number of aryl methyl sites for hydroxylation is 1. The van der Waals surface area contributed by atoms with Crippen LogP contribution in [-0.2, 0) is 21.1 Å².